The van der Waals surface area contributed by atoms with Gasteiger partial charge in [0.1, 0.15) is 5.82 Å². The van der Waals surface area contributed by atoms with Gasteiger partial charge < -0.3 is 9.80 Å². The molecule has 2 fully saturated rings. The van der Waals surface area contributed by atoms with Crippen LogP contribution < -0.4 is 4.90 Å². The summed E-state index contributed by atoms with van der Waals surface area (Å²) in [5.74, 6) is 1.21. The van der Waals surface area contributed by atoms with E-state index in [-0.39, 0.29) is 0 Å². The molecule has 2 aromatic heterocycles. The van der Waals surface area contributed by atoms with Gasteiger partial charge in [0.05, 0.1) is 6.20 Å². The first kappa shape index (κ1) is 14.9. The predicted molar refractivity (Wildman–Crippen MR) is 93.0 cm³/mol. The van der Waals surface area contributed by atoms with Gasteiger partial charge in [0.15, 0.2) is 5.65 Å². The Hall–Kier alpha value is -1.62. The lowest BCUT2D eigenvalue weighted by Crippen LogP contribution is -2.52. The number of aryl methyl sites for hydroxylation is 1. The van der Waals surface area contributed by atoms with E-state index in [1.807, 2.05) is 16.8 Å². The predicted octanol–water partition coefficient (Wildman–Crippen LogP) is 2.74. The van der Waals surface area contributed by atoms with E-state index in [4.69, 9.17) is 0 Å². The Morgan fingerprint density at radius 3 is 2.83 bits per heavy atom. The van der Waals surface area contributed by atoms with E-state index in [0.717, 1.165) is 24.4 Å². The van der Waals surface area contributed by atoms with Crippen LogP contribution in [-0.2, 0) is 0 Å². The molecule has 0 bridgehead atoms. The molecule has 2 aromatic rings. The zero-order valence-electron chi connectivity index (χ0n) is 14.3. The van der Waals surface area contributed by atoms with Crippen molar-refractivity contribution in [3.63, 3.8) is 0 Å². The largest absolute Gasteiger partial charge is 0.356 e. The summed E-state index contributed by atoms with van der Waals surface area (Å²) in [6.07, 6.45) is 7.21. The van der Waals surface area contributed by atoms with E-state index in [9.17, 15) is 0 Å². The van der Waals surface area contributed by atoms with Crippen LogP contribution in [0.2, 0.25) is 0 Å². The minimum atomic E-state index is 0.461. The number of likely N-dealkylation sites (tertiary alicyclic amines) is 1. The molecule has 0 aromatic carbocycles. The van der Waals surface area contributed by atoms with Gasteiger partial charge in [-0.05, 0) is 45.7 Å². The fourth-order valence-electron chi connectivity index (χ4n) is 4.56. The molecule has 4 heterocycles. The molecular formula is C18H27N5. The van der Waals surface area contributed by atoms with Crippen molar-refractivity contribution >= 4 is 11.5 Å². The molecule has 1 spiro atoms. The van der Waals surface area contributed by atoms with Crippen molar-refractivity contribution in [2.24, 2.45) is 5.41 Å². The van der Waals surface area contributed by atoms with Crippen molar-refractivity contribution in [1.82, 2.24) is 19.5 Å². The smallest absolute Gasteiger partial charge is 0.157 e. The molecule has 0 unspecified atom stereocenters. The molecule has 4 rings (SSSR count). The fourth-order valence-corrected chi connectivity index (χ4v) is 4.56. The third kappa shape index (κ3) is 2.71. The summed E-state index contributed by atoms with van der Waals surface area (Å²) in [6.45, 7) is 10.4. The van der Waals surface area contributed by atoms with Gasteiger partial charge in [-0.1, -0.05) is 6.92 Å². The zero-order chi connectivity index (χ0) is 15.9. The minimum absolute atomic E-state index is 0.461. The van der Waals surface area contributed by atoms with Gasteiger partial charge >= 0.3 is 0 Å². The number of anilines is 1. The van der Waals surface area contributed by atoms with Crippen molar-refractivity contribution in [1.29, 1.82) is 0 Å². The van der Waals surface area contributed by atoms with E-state index in [2.05, 4.69) is 39.8 Å². The highest BCUT2D eigenvalue weighted by atomic mass is 15.3. The number of hydrogen-bond acceptors (Lipinski definition) is 4. The SMILES string of the molecule is CCN1CCC[C@@]2(CCCN(c3cc(C)nc4ccnn34)C2)C1. The molecule has 23 heavy (non-hydrogen) atoms. The molecular weight excluding hydrogens is 286 g/mol. The van der Waals surface area contributed by atoms with E-state index in [1.54, 1.807) is 0 Å². The zero-order valence-corrected chi connectivity index (χ0v) is 14.3. The van der Waals surface area contributed by atoms with E-state index < -0.39 is 0 Å². The van der Waals surface area contributed by atoms with Crippen LogP contribution in [0.1, 0.15) is 38.3 Å². The van der Waals surface area contributed by atoms with Gasteiger partial charge in [-0.15, -0.1) is 0 Å². The number of hydrogen-bond donors (Lipinski definition) is 0. The number of rotatable bonds is 2. The van der Waals surface area contributed by atoms with Gasteiger partial charge in [-0.25, -0.2) is 4.98 Å². The molecule has 0 amide bonds. The lowest BCUT2D eigenvalue weighted by atomic mass is 9.73. The Morgan fingerprint density at radius 1 is 1.17 bits per heavy atom. The normalized spacial score (nSPS) is 26.3. The van der Waals surface area contributed by atoms with E-state index in [0.29, 0.717) is 5.41 Å². The maximum absolute atomic E-state index is 4.59. The average Bonchev–Trinajstić information content (AvgIpc) is 3.02. The first-order valence-electron chi connectivity index (χ1n) is 8.98. The third-order valence-corrected chi connectivity index (χ3v) is 5.64. The standard InChI is InChI=1S/C18H27N5/c1-3-21-10-4-7-18(13-21)8-5-11-22(14-18)17-12-15(2)20-16-6-9-19-23(16)17/h6,9,12H,3-5,7-8,10-11,13-14H2,1-2H3/t18-/m1/s1. The first-order valence-corrected chi connectivity index (χ1v) is 8.98. The third-order valence-electron chi connectivity index (χ3n) is 5.64. The van der Waals surface area contributed by atoms with Crippen LogP contribution in [-0.4, -0.2) is 52.2 Å². The highest BCUT2D eigenvalue weighted by Gasteiger charge is 2.39. The van der Waals surface area contributed by atoms with Crippen LogP contribution in [0.5, 0.6) is 0 Å². The quantitative estimate of drug-likeness (QED) is 0.854. The van der Waals surface area contributed by atoms with Gasteiger partial charge in [0.25, 0.3) is 0 Å². The molecule has 124 valence electrons. The Kier molecular flexibility index (Phi) is 3.76. The molecule has 0 radical (unpaired) electrons. The molecule has 0 aliphatic carbocycles. The van der Waals surface area contributed by atoms with Crippen LogP contribution >= 0.6 is 0 Å². The van der Waals surface area contributed by atoms with Crippen LogP contribution in [0.25, 0.3) is 5.65 Å². The van der Waals surface area contributed by atoms with Gasteiger partial charge in [0, 0.05) is 42.9 Å². The fraction of sp³-hybridized carbons (Fsp3) is 0.667. The summed E-state index contributed by atoms with van der Waals surface area (Å²) >= 11 is 0. The second-order valence-corrected chi connectivity index (χ2v) is 7.35. The highest BCUT2D eigenvalue weighted by Crippen LogP contribution is 2.39. The molecule has 2 saturated heterocycles. The summed E-state index contributed by atoms with van der Waals surface area (Å²) in [5, 5.41) is 4.50. The van der Waals surface area contributed by atoms with Crippen LogP contribution in [0.3, 0.4) is 0 Å². The van der Waals surface area contributed by atoms with Crippen LogP contribution in [0.4, 0.5) is 5.82 Å². The number of aromatic nitrogens is 3. The van der Waals surface area contributed by atoms with Gasteiger partial charge in [-0.2, -0.15) is 9.61 Å². The second kappa shape index (κ2) is 5.78. The average molecular weight is 313 g/mol. The molecule has 5 nitrogen and oxygen atoms in total. The summed E-state index contributed by atoms with van der Waals surface area (Å²) in [7, 11) is 0. The number of piperidine rings is 2. The summed E-state index contributed by atoms with van der Waals surface area (Å²) in [4.78, 5) is 9.77. The summed E-state index contributed by atoms with van der Waals surface area (Å²) in [6, 6.07) is 4.19. The Labute approximate surface area is 138 Å². The highest BCUT2D eigenvalue weighted by molar-refractivity contribution is 5.51. The Bertz CT molecular complexity index is 690. The van der Waals surface area contributed by atoms with Crippen LogP contribution in [0, 0.1) is 12.3 Å². The van der Waals surface area contributed by atoms with Crippen molar-refractivity contribution in [2.75, 3.05) is 37.6 Å². The van der Waals surface area contributed by atoms with Crippen molar-refractivity contribution in [3.8, 4) is 0 Å². The monoisotopic (exact) mass is 313 g/mol. The molecule has 1 atom stereocenters. The first-order chi connectivity index (χ1) is 11.2. The lowest BCUT2D eigenvalue weighted by Gasteiger charge is -2.49. The van der Waals surface area contributed by atoms with Gasteiger partial charge in [0.2, 0.25) is 0 Å². The second-order valence-electron chi connectivity index (χ2n) is 7.35. The Morgan fingerprint density at radius 2 is 2.00 bits per heavy atom. The van der Waals surface area contributed by atoms with Crippen molar-refractivity contribution < 1.29 is 0 Å². The van der Waals surface area contributed by atoms with Crippen LogP contribution in [0.15, 0.2) is 18.3 Å². The summed E-state index contributed by atoms with van der Waals surface area (Å²) < 4.78 is 2.01. The van der Waals surface area contributed by atoms with E-state index >= 15 is 0 Å². The number of nitrogens with zero attached hydrogens (tertiary/aromatic N) is 5. The molecule has 2 aliphatic heterocycles. The van der Waals surface area contributed by atoms with Crippen molar-refractivity contribution in [2.45, 2.75) is 39.5 Å². The molecule has 0 N–H and O–H groups in total. The van der Waals surface area contributed by atoms with Gasteiger partial charge in [-0.3, -0.25) is 0 Å². The molecule has 0 saturated carbocycles. The van der Waals surface area contributed by atoms with E-state index in [1.165, 1.54) is 51.1 Å². The topological polar surface area (TPSA) is 36.7 Å². The lowest BCUT2D eigenvalue weighted by molar-refractivity contribution is 0.0767. The Balaban J connectivity index is 1.65. The maximum Gasteiger partial charge on any atom is 0.157 e. The van der Waals surface area contributed by atoms with Crippen molar-refractivity contribution in [3.05, 3.63) is 24.0 Å². The molecule has 2 aliphatic rings. The molecule has 5 heteroatoms. The minimum Gasteiger partial charge on any atom is -0.356 e. The summed E-state index contributed by atoms with van der Waals surface area (Å²) in [5.41, 5.74) is 2.49. The number of fused-ring (bicyclic) bond motifs is 1. The maximum atomic E-state index is 4.59.